The number of aliphatic hydroxyl groups is 3. The average Bonchev–Trinajstić information content (AvgIpc) is 3.08. The van der Waals surface area contributed by atoms with Gasteiger partial charge < -0.3 is 15.3 Å². The molecule has 11 atom stereocenters. The maximum atomic E-state index is 11.7. The van der Waals surface area contributed by atoms with Crippen LogP contribution in [-0.4, -0.2) is 33.1 Å². The van der Waals surface area contributed by atoms with Gasteiger partial charge in [-0.3, -0.25) is 0 Å². The summed E-state index contributed by atoms with van der Waals surface area (Å²) in [7, 11) is 0. The fourth-order valence-corrected chi connectivity index (χ4v) is 9.92. The Morgan fingerprint density at radius 1 is 0.906 bits per heavy atom. The first-order chi connectivity index (χ1) is 15.0. The zero-order valence-corrected chi connectivity index (χ0v) is 21.8. The van der Waals surface area contributed by atoms with Gasteiger partial charge in [0.25, 0.3) is 0 Å². The molecule has 0 saturated heterocycles. The summed E-state index contributed by atoms with van der Waals surface area (Å²) >= 11 is 0. The topological polar surface area (TPSA) is 60.7 Å². The average molecular weight is 449 g/mol. The third kappa shape index (κ3) is 3.72. The van der Waals surface area contributed by atoms with Crippen molar-refractivity contribution in [3.8, 4) is 0 Å². The summed E-state index contributed by atoms with van der Waals surface area (Å²) in [6.07, 6.45) is 10.7. The molecule has 32 heavy (non-hydrogen) atoms. The Hall–Kier alpha value is -0.120. The van der Waals surface area contributed by atoms with Gasteiger partial charge in [0, 0.05) is 11.8 Å². The maximum absolute atomic E-state index is 11.7. The minimum Gasteiger partial charge on any atom is -0.393 e. The van der Waals surface area contributed by atoms with Gasteiger partial charge in [0.2, 0.25) is 0 Å². The molecule has 4 fully saturated rings. The van der Waals surface area contributed by atoms with Crippen LogP contribution in [0.5, 0.6) is 0 Å². The normalized spacial score (nSPS) is 50.4. The lowest BCUT2D eigenvalue weighted by Gasteiger charge is -2.65. The Labute approximate surface area is 197 Å². The molecule has 4 aliphatic rings. The van der Waals surface area contributed by atoms with E-state index in [0.29, 0.717) is 29.6 Å². The molecule has 0 radical (unpaired) electrons. The SMILES string of the molecule is CC[C@H](CC[C@@H](C)C1CCC2C3C[C@@H](O)[C@@]4(O)C[C@@H](O)CC[C@]4(C)C3CC[C@@]21C)C(C)C. The maximum Gasteiger partial charge on any atom is 0.0985 e. The molecule has 3 nitrogen and oxygen atoms in total. The van der Waals surface area contributed by atoms with Crippen molar-refractivity contribution in [3.63, 3.8) is 0 Å². The van der Waals surface area contributed by atoms with Gasteiger partial charge >= 0.3 is 0 Å². The first kappa shape index (κ1) is 25.0. The van der Waals surface area contributed by atoms with E-state index in [4.69, 9.17) is 0 Å². The fraction of sp³-hybridized carbons (Fsp3) is 1.00. The monoisotopic (exact) mass is 448 g/mol. The molecule has 4 aliphatic carbocycles. The van der Waals surface area contributed by atoms with Crippen LogP contribution in [-0.2, 0) is 0 Å². The summed E-state index contributed by atoms with van der Waals surface area (Å²) in [5, 5.41) is 33.2. The molecule has 0 aromatic carbocycles. The van der Waals surface area contributed by atoms with Gasteiger partial charge in [-0.2, -0.15) is 0 Å². The number of hydrogen-bond donors (Lipinski definition) is 3. The van der Waals surface area contributed by atoms with Gasteiger partial charge in [-0.1, -0.05) is 54.4 Å². The number of fused-ring (bicyclic) bond motifs is 5. The smallest absolute Gasteiger partial charge is 0.0985 e. The second-order valence-corrected chi connectivity index (χ2v) is 13.6. The van der Waals surface area contributed by atoms with E-state index in [2.05, 4.69) is 41.5 Å². The van der Waals surface area contributed by atoms with Crippen molar-refractivity contribution in [1.29, 1.82) is 0 Å². The van der Waals surface area contributed by atoms with Crippen LogP contribution >= 0.6 is 0 Å². The van der Waals surface area contributed by atoms with E-state index >= 15 is 0 Å². The van der Waals surface area contributed by atoms with Crippen molar-refractivity contribution in [3.05, 3.63) is 0 Å². The van der Waals surface area contributed by atoms with E-state index in [1.807, 2.05) is 0 Å². The van der Waals surface area contributed by atoms with Gasteiger partial charge in [-0.25, -0.2) is 0 Å². The van der Waals surface area contributed by atoms with Gasteiger partial charge in [-0.15, -0.1) is 0 Å². The first-order valence-corrected chi connectivity index (χ1v) is 14.1. The van der Waals surface area contributed by atoms with E-state index in [1.165, 1.54) is 44.9 Å². The zero-order valence-electron chi connectivity index (χ0n) is 21.8. The van der Waals surface area contributed by atoms with Crippen molar-refractivity contribution in [2.24, 2.45) is 52.3 Å². The quantitative estimate of drug-likeness (QED) is 0.454. The van der Waals surface area contributed by atoms with Crippen LogP contribution in [0.2, 0.25) is 0 Å². The molecule has 0 aromatic heterocycles. The standard InChI is InChI=1S/C29H52O3/c1-7-20(18(2)3)9-8-19(4)23-10-11-24-22-16-26(31)29(32)17-21(30)12-15-28(29,6)25(22)13-14-27(23,24)5/h18-26,30-32H,7-17H2,1-6H3/t19-,20-,21+,22?,23?,24?,25?,26-,27-,28-,29+/m1/s1. The summed E-state index contributed by atoms with van der Waals surface area (Å²) in [5.41, 5.74) is -0.984. The number of rotatable bonds is 6. The van der Waals surface area contributed by atoms with E-state index in [9.17, 15) is 15.3 Å². The molecule has 0 bridgehead atoms. The second-order valence-electron chi connectivity index (χ2n) is 13.6. The molecule has 3 heteroatoms. The van der Waals surface area contributed by atoms with Gasteiger partial charge in [0.15, 0.2) is 0 Å². The third-order valence-electron chi connectivity index (χ3n) is 12.1. The van der Waals surface area contributed by atoms with Crippen LogP contribution in [0.1, 0.15) is 112 Å². The highest BCUT2D eigenvalue weighted by Crippen LogP contribution is 2.69. The highest BCUT2D eigenvalue weighted by molar-refractivity contribution is 5.17. The summed E-state index contributed by atoms with van der Waals surface area (Å²) < 4.78 is 0. The third-order valence-corrected chi connectivity index (χ3v) is 12.1. The molecule has 0 aliphatic heterocycles. The van der Waals surface area contributed by atoms with E-state index in [-0.39, 0.29) is 5.41 Å². The Kier molecular flexibility index (Phi) is 6.89. The molecule has 186 valence electrons. The molecule has 4 rings (SSSR count). The molecule has 4 saturated carbocycles. The van der Waals surface area contributed by atoms with Crippen molar-refractivity contribution in [2.45, 2.75) is 130 Å². The largest absolute Gasteiger partial charge is 0.393 e. The van der Waals surface area contributed by atoms with Gasteiger partial charge in [-0.05, 0) is 98.2 Å². The van der Waals surface area contributed by atoms with Crippen molar-refractivity contribution in [2.75, 3.05) is 0 Å². The van der Waals surface area contributed by atoms with Crippen molar-refractivity contribution < 1.29 is 15.3 Å². The Morgan fingerprint density at radius 2 is 1.62 bits per heavy atom. The van der Waals surface area contributed by atoms with Crippen LogP contribution in [0.4, 0.5) is 0 Å². The van der Waals surface area contributed by atoms with E-state index in [0.717, 1.165) is 42.9 Å². The van der Waals surface area contributed by atoms with Crippen LogP contribution in [0, 0.1) is 52.3 Å². The van der Waals surface area contributed by atoms with Gasteiger partial charge in [0.1, 0.15) is 0 Å². The zero-order chi connectivity index (χ0) is 23.5. The number of aliphatic hydroxyl groups excluding tert-OH is 2. The fourth-order valence-electron chi connectivity index (χ4n) is 9.92. The summed E-state index contributed by atoms with van der Waals surface area (Å²) in [4.78, 5) is 0. The van der Waals surface area contributed by atoms with Crippen LogP contribution < -0.4 is 0 Å². The van der Waals surface area contributed by atoms with Crippen molar-refractivity contribution in [1.82, 2.24) is 0 Å². The van der Waals surface area contributed by atoms with Crippen molar-refractivity contribution >= 4 is 0 Å². The molecule has 0 spiro atoms. The lowest BCUT2D eigenvalue weighted by Crippen LogP contribution is -2.68. The lowest BCUT2D eigenvalue weighted by atomic mass is 9.42. The summed E-state index contributed by atoms with van der Waals surface area (Å²) in [6, 6.07) is 0. The van der Waals surface area contributed by atoms with E-state index in [1.54, 1.807) is 0 Å². The Balaban J connectivity index is 1.51. The predicted molar refractivity (Wildman–Crippen MR) is 131 cm³/mol. The minimum absolute atomic E-state index is 0.259. The molecule has 0 heterocycles. The molecular formula is C29H52O3. The van der Waals surface area contributed by atoms with Gasteiger partial charge in [0.05, 0.1) is 17.8 Å². The summed E-state index contributed by atoms with van der Waals surface area (Å²) in [5.74, 6) is 4.92. The highest BCUT2D eigenvalue weighted by Gasteiger charge is 2.67. The second kappa shape index (κ2) is 8.83. The predicted octanol–water partition coefficient (Wildman–Crippen LogP) is 6.19. The highest BCUT2D eigenvalue weighted by atomic mass is 16.3. The molecule has 0 amide bonds. The molecule has 0 aromatic rings. The first-order valence-electron chi connectivity index (χ1n) is 14.1. The Bertz CT molecular complexity index is 663. The number of hydrogen-bond acceptors (Lipinski definition) is 3. The molecular weight excluding hydrogens is 396 g/mol. The van der Waals surface area contributed by atoms with Crippen LogP contribution in [0.3, 0.4) is 0 Å². The molecule has 3 N–H and O–H groups in total. The Morgan fingerprint density at radius 3 is 2.28 bits per heavy atom. The lowest BCUT2D eigenvalue weighted by molar-refractivity contribution is -0.264. The van der Waals surface area contributed by atoms with E-state index < -0.39 is 17.8 Å². The molecule has 4 unspecified atom stereocenters. The minimum atomic E-state index is -1.11. The van der Waals surface area contributed by atoms with Crippen LogP contribution in [0.25, 0.3) is 0 Å². The summed E-state index contributed by atoms with van der Waals surface area (Å²) in [6.45, 7) is 14.5. The van der Waals surface area contributed by atoms with Crippen LogP contribution in [0.15, 0.2) is 0 Å².